The molecule has 0 saturated heterocycles. The molecule has 0 fully saturated rings. The molecule has 0 saturated carbocycles. The van der Waals surface area contributed by atoms with Gasteiger partial charge in [-0.05, 0) is 36.3 Å². The number of rotatable bonds is 4. The Balaban J connectivity index is 0.00000200. The zero-order valence-electron chi connectivity index (χ0n) is 12.3. The van der Waals surface area contributed by atoms with E-state index in [1.165, 1.54) is 11.1 Å². The molecule has 0 spiro atoms. The summed E-state index contributed by atoms with van der Waals surface area (Å²) < 4.78 is 0. The minimum Gasteiger partial charge on any atom is -0.348 e. The Bertz CT molecular complexity index is 450. The van der Waals surface area contributed by atoms with Crippen LogP contribution >= 0.6 is 12.4 Å². The molecule has 4 heteroatoms. The van der Waals surface area contributed by atoms with Crippen molar-refractivity contribution in [3.63, 3.8) is 0 Å². The standard InChI is InChI=1S/C16H24N2O.ClH/c1-3-11(2)15(17)16(19)18-14-10-6-8-12-7-4-5-9-13(12)14;/h4-5,7,9,11,14-15H,3,6,8,10,17H2,1-2H3,(H,18,19);1H. The number of carbonyl (C=O) groups excluding carboxylic acids is 1. The van der Waals surface area contributed by atoms with E-state index in [1.807, 2.05) is 13.0 Å². The molecule has 0 aliphatic heterocycles. The number of hydrogen-bond donors (Lipinski definition) is 2. The van der Waals surface area contributed by atoms with Gasteiger partial charge in [0.15, 0.2) is 0 Å². The Morgan fingerprint density at radius 2 is 2.15 bits per heavy atom. The van der Waals surface area contributed by atoms with Crippen LogP contribution in [0.4, 0.5) is 0 Å². The number of halogens is 1. The van der Waals surface area contributed by atoms with Crippen LogP contribution in [0.5, 0.6) is 0 Å². The average Bonchev–Trinajstić information content (AvgIpc) is 2.46. The maximum atomic E-state index is 12.2. The monoisotopic (exact) mass is 296 g/mol. The van der Waals surface area contributed by atoms with Crippen LogP contribution < -0.4 is 11.1 Å². The summed E-state index contributed by atoms with van der Waals surface area (Å²) >= 11 is 0. The van der Waals surface area contributed by atoms with E-state index in [9.17, 15) is 4.79 Å². The lowest BCUT2D eigenvalue weighted by Gasteiger charge is -2.28. The Labute approximate surface area is 127 Å². The molecule has 1 amide bonds. The number of nitrogens with one attached hydrogen (secondary N) is 1. The summed E-state index contributed by atoms with van der Waals surface area (Å²) in [7, 11) is 0. The second kappa shape index (κ2) is 7.65. The molecule has 20 heavy (non-hydrogen) atoms. The van der Waals surface area contributed by atoms with Crippen molar-refractivity contribution >= 4 is 18.3 Å². The summed E-state index contributed by atoms with van der Waals surface area (Å²) in [5.74, 6) is 0.204. The number of hydrogen-bond acceptors (Lipinski definition) is 2. The highest BCUT2D eigenvalue weighted by atomic mass is 35.5. The van der Waals surface area contributed by atoms with Gasteiger partial charge in [0.1, 0.15) is 0 Å². The molecule has 0 radical (unpaired) electrons. The molecule has 0 bridgehead atoms. The van der Waals surface area contributed by atoms with Gasteiger partial charge >= 0.3 is 0 Å². The smallest absolute Gasteiger partial charge is 0.237 e. The van der Waals surface area contributed by atoms with Gasteiger partial charge in [0.2, 0.25) is 5.91 Å². The molecule has 3 nitrogen and oxygen atoms in total. The van der Waals surface area contributed by atoms with E-state index in [1.54, 1.807) is 0 Å². The summed E-state index contributed by atoms with van der Waals surface area (Å²) in [5.41, 5.74) is 8.62. The highest BCUT2D eigenvalue weighted by Gasteiger charge is 2.25. The van der Waals surface area contributed by atoms with E-state index in [0.717, 1.165) is 25.7 Å². The lowest BCUT2D eigenvalue weighted by molar-refractivity contribution is -0.124. The van der Waals surface area contributed by atoms with Crippen LogP contribution in [0.2, 0.25) is 0 Å². The number of aryl methyl sites for hydroxylation is 1. The zero-order chi connectivity index (χ0) is 13.8. The molecule has 112 valence electrons. The molecule has 0 heterocycles. The molecule has 0 aromatic heterocycles. The topological polar surface area (TPSA) is 55.1 Å². The van der Waals surface area contributed by atoms with E-state index < -0.39 is 6.04 Å². The van der Waals surface area contributed by atoms with Crippen molar-refractivity contribution in [2.75, 3.05) is 0 Å². The third kappa shape index (κ3) is 3.74. The number of nitrogens with two attached hydrogens (primary N) is 1. The first-order valence-corrected chi connectivity index (χ1v) is 7.27. The predicted molar refractivity (Wildman–Crippen MR) is 84.9 cm³/mol. The predicted octanol–water partition coefficient (Wildman–Crippen LogP) is 2.98. The van der Waals surface area contributed by atoms with Crippen LogP contribution in [0.3, 0.4) is 0 Å². The fraction of sp³-hybridized carbons (Fsp3) is 0.562. The summed E-state index contributed by atoms with van der Waals surface area (Å²) in [5, 5.41) is 3.13. The fourth-order valence-corrected chi connectivity index (χ4v) is 2.68. The molecule has 2 rings (SSSR count). The molecule has 3 unspecified atom stereocenters. The minimum absolute atomic E-state index is 0. The Morgan fingerprint density at radius 3 is 2.85 bits per heavy atom. The van der Waals surface area contributed by atoms with Gasteiger partial charge in [0, 0.05) is 0 Å². The zero-order valence-corrected chi connectivity index (χ0v) is 13.1. The maximum absolute atomic E-state index is 12.2. The van der Waals surface area contributed by atoms with Crippen molar-refractivity contribution in [3.8, 4) is 0 Å². The fourth-order valence-electron chi connectivity index (χ4n) is 2.68. The number of fused-ring (bicyclic) bond motifs is 1. The Hall–Kier alpha value is -1.06. The first-order chi connectivity index (χ1) is 9.13. The Kier molecular flexibility index (Phi) is 6.50. The van der Waals surface area contributed by atoms with E-state index >= 15 is 0 Å². The first-order valence-electron chi connectivity index (χ1n) is 7.27. The number of benzene rings is 1. The van der Waals surface area contributed by atoms with Gasteiger partial charge in [-0.2, -0.15) is 0 Å². The van der Waals surface area contributed by atoms with E-state index in [2.05, 4.69) is 30.4 Å². The first kappa shape index (κ1) is 17.0. The molecule has 1 aliphatic rings. The second-order valence-corrected chi connectivity index (χ2v) is 5.56. The third-order valence-corrected chi connectivity index (χ3v) is 4.25. The van der Waals surface area contributed by atoms with Gasteiger partial charge < -0.3 is 11.1 Å². The molecule has 1 aromatic carbocycles. The molecular weight excluding hydrogens is 272 g/mol. The molecule has 3 atom stereocenters. The highest BCUT2D eigenvalue weighted by Crippen LogP contribution is 2.29. The van der Waals surface area contributed by atoms with E-state index in [-0.39, 0.29) is 30.3 Å². The van der Waals surface area contributed by atoms with Gasteiger partial charge in [-0.1, -0.05) is 44.5 Å². The van der Waals surface area contributed by atoms with E-state index in [4.69, 9.17) is 5.73 Å². The maximum Gasteiger partial charge on any atom is 0.237 e. The van der Waals surface area contributed by atoms with Crippen LogP contribution in [0, 0.1) is 5.92 Å². The van der Waals surface area contributed by atoms with Crippen LogP contribution in [0.25, 0.3) is 0 Å². The van der Waals surface area contributed by atoms with Crippen LogP contribution in [0.1, 0.15) is 50.3 Å². The van der Waals surface area contributed by atoms with Crippen molar-refractivity contribution < 1.29 is 4.79 Å². The summed E-state index contributed by atoms with van der Waals surface area (Å²) in [4.78, 5) is 12.2. The van der Waals surface area contributed by atoms with Gasteiger partial charge in [-0.15, -0.1) is 12.4 Å². The van der Waals surface area contributed by atoms with Crippen LogP contribution in [-0.2, 0) is 11.2 Å². The molecule has 3 N–H and O–H groups in total. The van der Waals surface area contributed by atoms with Gasteiger partial charge in [-0.3, -0.25) is 4.79 Å². The van der Waals surface area contributed by atoms with Gasteiger partial charge in [-0.25, -0.2) is 0 Å². The van der Waals surface area contributed by atoms with Crippen molar-refractivity contribution in [2.24, 2.45) is 11.7 Å². The molecule has 1 aromatic rings. The van der Waals surface area contributed by atoms with E-state index in [0.29, 0.717) is 0 Å². The van der Waals surface area contributed by atoms with Crippen molar-refractivity contribution in [1.29, 1.82) is 0 Å². The SMILES string of the molecule is CCC(C)C(N)C(=O)NC1CCCc2ccccc21.Cl. The summed E-state index contributed by atoms with van der Waals surface area (Å²) in [6.45, 7) is 4.09. The van der Waals surface area contributed by atoms with Crippen molar-refractivity contribution in [2.45, 2.75) is 51.6 Å². The quantitative estimate of drug-likeness (QED) is 0.897. The lowest BCUT2D eigenvalue weighted by atomic mass is 9.87. The average molecular weight is 297 g/mol. The van der Waals surface area contributed by atoms with Gasteiger partial charge in [0.05, 0.1) is 12.1 Å². The summed E-state index contributed by atoms with van der Waals surface area (Å²) in [6.07, 6.45) is 4.17. The minimum atomic E-state index is -0.404. The number of amides is 1. The number of carbonyl (C=O) groups is 1. The Morgan fingerprint density at radius 1 is 1.45 bits per heavy atom. The van der Waals surface area contributed by atoms with Crippen LogP contribution in [-0.4, -0.2) is 11.9 Å². The summed E-state index contributed by atoms with van der Waals surface area (Å²) in [6, 6.07) is 8.11. The normalized spacial score (nSPS) is 20.2. The molecule has 1 aliphatic carbocycles. The second-order valence-electron chi connectivity index (χ2n) is 5.56. The molecular formula is C16H25ClN2O. The highest BCUT2D eigenvalue weighted by molar-refractivity contribution is 5.85. The third-order valence-electron chi connectivity index (χ3n) is 4.25. The van der Waals surface area contributed by atoms with Gasteiger partial charge in [0.25, 0.3) is 0 Å². The largest absolute Gasteiger partial charge is 0.348 e. The van der Waals surface area contributed by atoms with Crippen LogP contribution in [0.15, 0.2) is 24.3 Å². The lowest BCUT2D eigenvalue weighted by Crippen LogP contribution is -2.46. The van der Waals surface area contributed by atoms with Crippen molar-refractivity contribution in [1.82, 2.24) is 5.32 Å². The van der Waals surface area contributed by atoms with Crippen molar-refractivity contribution in [3.05, 3.63) is 35.4 Å².